The first-order valence-corrected chi connectivity index (χ1v) is 4.82. The molecule has 0 atom stereocenters. The van der Waals surface area contributed by atoms with Crippen LogP contribution in [0, 0.1) is 5.95 Å². The summed E-state index contributed by atoms with van der Waals surface area (Å²) in [6, 6.07) is 3.73. The molecule has 0 N–H and O–H groups in total. The zero-order valence-electron chi connectivity index (χ0n) is 9.22. The summed E-state index contributed by atoms with van der Waals surface area (Å²) in [5, 5.41) is 10.4. The maximum atomic E-state index is 12.9. The molecule has 2 aromatic heterocycles. The van der Waals surface area contributed by atoms with Gasteiger partial charge in [-0.2, -0.15) is 4.39 Å². The van der Waals surface area contributed by atoms with Crippen molar-refractivity contribution >= 4 is 17.6 Å². The van der Waals surface area contributed by atoms with Gasteiger partial charge >= 0.3 is 51.4 Å². The monoisotopic (exact) mass is 291 g/mol. The molecule has 0 bridgehead atoms. The van der Waals surface area contributed by atoms with Gasteiger partial charge in [0.2, 0.25) is 11.2 Å². The van der Waals surface area contributed by atoms with Crippen molar-refractivity contribution in [2.75, 3.05) is 0 Å². The van der Waals surface area contributed by atoms with E-state index in [1.807, 2.05) is 0 Å². The van der Waals surface area contributed by atoms with Crippen LogP contribution in [-0.4, -0.2) is 20.9 Å². The third-order valence-corrected chi connectivity index (χ3v) is 2.10. The molecule has 0 saturated heterocycles. The van der Waals surface area contributed by atoms with E-state index in [9.17, 15) is 14.3 Å². The molecule has 2 heterocycles. The van der Waals surface area contributed by atoms with Gasteiger partial charge in [-0.3, -0.25) is 0 Å². The van der Waals surface area contributed by atoms with E-state index in [0.29, 0.717) is 5.56 Å². The molecule has 8 heteroatoms. The van der Waals surface area contributed by atoms with Gasteiger partial charge in [0.05, 0.1) is 17.4 Å². The SMILES string of the molecule is O=C([O-])c1cc(-c2ccnc(F)c2)nc(Cl)n1.[K+]. The second-order valence-corrected chi connectivity index (χ2v) is 3.40. The Morgan fingerprint density at radius 2 is 2.06 bits per heavy atom. The van der Waals surface area contributed by atoms with E-state index in [1.54, 1.807) is 0 Å². The predicted octanol–water partition coefficient (Wildman–Crippen LogP) is -2.30. The van der Waals surface area contributed by atoms with Crippen LogP contribution in [0.4, 0.5) is 4.39 Å². The molecule has 0 aromatic carbocycles. The molecule has 0 aliphatic heterocycles. The van der Waals surface area contributed by atoms with Crippen LogP contribution in [0.1, 0.15) is 10.5 Å². The van der Waals surface area contributed by atoms with Crippen molar-refractivity contribution in [1.29, 1.82) is 0 Å². The molecule has 0 fully saturated rings. The first-order valence-electron chi connectivity index (χ1n) is 4.44. The van der Waals surface area contributed by atoms with Gasteiger partial charge in [0.25, 0.3) is 0 Å². The Hall–Kier alpha value is -0.444. The Morgan fingerprint density at radius 3 is 2.67 bits per heavy atom. The van der Waals surface area contributed by atoms with Crippen LogP contribution >= 0.6 is 11.6 Å². The predicted molar refractivity (Wildman–Crippen MR) is 54.6 cm³/mol. The number of rotatable bonds is 2. The second-order valence-electron chi connectivity index (χ2n) is 3.06. The molecule has 2 rings (SSSR count). The molecule has 18 heavy (non-hydrogen) atoms. The van der Waals surface area contributed by atoms with E-state index < -0.39 is 11.9 Å². The number of carbonyl (C=O) groups excluding carboxylic acids is 1. The van der Waals surface area contributed by atoms with E-state index in [4.69, 9.17) is 11.6 Å². The largest absolute Gasteiger partial charge is 1.00 e. The van der Waals surface area contributed by atoms with Gasteiger partial charge in [-0.25, -0.2) is 15.0 Å². The summed E-state index contributed by atoms with van der Waals surface area (Å²) < 4.78 is 12.9. The molecule has 0 aliphatic rings. The molecule has 0 saturated carbocycles. The van der Waals surface area contributed by atoms with Crippen molar-refractivity contribution in [3.05, 3.63) is 41.3 Å². The normalized spacial score (nSPS) is 9.67. The number of hydrogen-bond donors (Lipinski definition) is 0. The quantitative estimate of drug-likeness (QED) is 0.353. The number of carbonyl (C=O) groups is 1. The zero-order valence-corrected chi connectivity index (χ0v) is 13.1. The van der Waals surface area contributed by atoms with E-state index in [0.717, 1.165) is 12.1 Å². The van der Waals surface area contributed by atoms with Crippen LogP contribution in [0.25, 0.3) is 11.3 Å². The molecule has 0 spiro atoms. The van der Waals surface area contributed by atoms with Crippen LogP contribution in [0.3, 0.4) is 0 Å². The minimum atomic E-state index is -1.48. The van der Waals surface area contributed by atoms with Crippen molar-refractivity contribution in [3.8, 4) is 11.3 Å². The van der Waals surface area contributed by atoms with Crippen molar-refractivity contribution in [2.45, 2.75) is 0 Å². The maximum absolute atomic E-state index is 12.9. The fourth-order valence-corrected chi connectivity index (χ4v) is 1.41. The van der Waals surface area contributed by atoms with Crippen LogP contribution < -0.4 is 56.5 Å². The standard InChI is InChI=1S/C10H5ClFN3O2.K/c11-10-14-6(4-7(15-10)9(16)17)5-1-2-13-8(12)3-5;/h1-4H,(H,16,17);/q;+1/p-1. The third kappa shape index (κ3) is 3.77. The Bertz CT molecular complexity index is 597. The fraction of sp³-hybridized carbons (Fsp3) is 0. The number of carboxylic acid groups (broad SMARTS) is 1. The van der Waals surface area contributed by atoms with Crippen molar-refractivity contribution in [1.82, 2.24) is 15.0 Å². The average molecular weight is 292 g/mol. The molecule has 0 radical (unpaired) electrons. The molecule has 0 unspecified atom stereocenters. The Kier molecular flexibility index (Phi) is 5.76. The third-order valence-electron chi connectivity index (χ3n) is 1.93. The van der Waals surface area contributed by atoms with E-state index >= 15 is 0 Å². The zero-order chi connectivity index (χ0) is 12.4. The van der Waals surface area contributed by atoms with Gasteiger partial charge in [0, 0.05) is 17.8 Å². The van der Waals surface area contributed by atoms with Gasteiger partial charge < -0.3 is 9.90 Å². The second kappa shape index (κ2) is 6.64. The summed E-state index contributed by atoms with van der Waals surface area (Å²) in [4.78, 5) is 21.3. The first-order chi connectivity index (χ1) is 8.06. The van der Waals surface area contributed by atoms with Crippen LogP contribution in [0.2, 0.25) is 5.28 Å². The summed E-state index contributed by atoms with van der Waals surface area (Å²) >= 11 is 5.56. The summed E-state index contributed by atoms with van der Waals surface area (Å²) in [7, 11) is 0. The number of hydrogen-bond acceptors (Lipinski definition) is 5. The van der Waals surface area contributed by atoms with Crippen LogP contribution in [0.15, 0.2) is 24.4 Å². The summed E-state index contributed by atoms with van der Waals surface area (Å²) in [6.07, 6.45) is 1.24. The molecular weight excluding hydrogens is 288 g/mol. The first kappa shape index (κ1) is 15.6. The minimum Gasteiger partial charge on any atom is -0.543 e. The molecule has 0 aliphatic carbocycles. The topological polar surface area (TPSA) is 78.8 Å². The van der Waals surface area contributed by atoms with Gasteiger partial charge in [-0.1, -0.05) is 0 Å². The molecule has 86 valence electrons. The van der Waals surface area contributed by atoms with E-state index in [2.05, 4.69) is 15.0 Å². The van der Waals surface area contributed by atoms with Crippen molar-refractivity contribution in [2.24, 2.45) is 0 Å². The average Bonchev–Trinajstić information content (AvgIpc) is 2.28. The summed E-state index contributed by atoms with van der Waals surface area (Å²) in [6.45, 7) is 0. The van der Waals surface area contributed by atoms with Crippen molar-refractivity contribution in [3.63, 3.8) is 0 Å². The van der Waals surface area contributed by atoms with E-state index in [-0.39, 0.29) is 68.1 Å². The van der Waals surface area contributed by atoms with Crippen LogP contribution in [0.5, 0.6) is 0 Å². The van der Waals surface area contributed by atoms with Gasteiger partial charge in [-0.05, 0) is 23.7 Å². The Morgan fingerprint density at radius 1 is 1.33 bits per heavy atom. The Labute approximate surface area is 149 Å². The summed E-state index contributed by atoms with van der Waals surface area (Å²) in [5.74, 6) is -2.18. The van der Waals surface area contributed by atoms with Crippen LogP contribution in [-0.2, 0) is 0 Å². The fourth-order valence-electron chi connectivity index (χ4n) is 1.23. The maximum Gasteiger partial charge on any atom is 1.00 e. The van der Waals surface area contributed by atoms with Gasteiger partial charge in [0.1, 0.15) is 0 Å². The van der Waals surface area contributed by atoms with Gasteiger partial charge in [-0.15, -0.1) is 0 Å². The number of aromatic carboxylic acids is 1. The molecule has 2 aromatic rings. The van der Waals surface area contributed by atoms with E-state index in [1.165, 1.54) is 12.3 Å². The minimum absolute atomic E-state index is 0. The number of halogens is 2. The number of pyridine rings is 1. The van der Waals surface area contributed by atoms with Crippen molar-refractivity contribution < 1.29 is 65.7 Å². The Balaban J connectivity index is 0.00000162. The number of carboxylic acids is 1. The molecule has 5 nitrogen and oxygen atoms in total. The summed E-state index contributed by atoms with van der Waals surface area (Å²) in [5.41, 5.74) is 0.173. The molecular formula is C10H4ClFKN3O2. The number of aromatic nitrogens is 3. The molecule has 0 amide bonds. The smallest absolute Gasteiger partial charge is 0.543 e. The number of nitrogens with zero attached hydrogens (tertiary/aromatic N) is 3. The van der Waals surface area contributed by atoms with Gasteiger partial charge in [0.15, 0.2) is 0 Å².